The highest BCUT2D eigenvalue weighted by Gasteiger charge is 2.09. The van der Waals surface area contributed by atoms with Gasteiger partial charge in [0.2, 0.25) is 0 Å². The van der Waals surface area contributed by atoms with Gasteiger partial charge in [-0.25, -0.2) is 0 Å². The first kappa shape index (κ1) is 18.4. The SMILES string of the molecule is CC(C)(C)CCCC(=O)O.COc1ccc(CN)cc1. The summed E-state index contributed by atoms with van der Waals surface area (Å²) in [5.74, 6) is 0.182. The Morgan fingerprint density at radius 2 is 1.80 bits per heavy atom. The summed E-state index contributed by atoms with van der Waals surface area (Å²) in [5, 5.41) is 8.31. The molecule has 1 aromatic carbocycles. The van der Waals surface area contributed by atoms with Gasteiger partial charge in [-0.2, -0.15) is 0 Å². The van der Waals surface area contributed by atoms with Crippen LogP contribution in [0, 0.1) is 5.41 Å². The maximum absolute atomic E-state index is 10.1. The van der Waals surface area contributed by atoms with Gasteiger partial charge in [0.25, 0.3) is 0 Å². The molecule has 0 fully saturated rings. The average Bonchev–Trinajstić information content (AvgIpc) is 2.37. The van der Waals surface area contributed by atoms with Gasteiger partial charge in [-0.15, -0.1) is 0 Å². The van der Waals surface area contributed by atoms with E-state index in [0.29, 0.717) is 13.0 Å². The van der Waals surface area contributed by atoms with Crippen LogP contribution in [0.3, 0.4) is 0 Å². The van der Waals surface area contributed by atoms with E-state index < -0.39 is 5.97 Å². The zero-order valence-corrected chi connectivity index (χ0v) is 13.0. The molecule has 0 bridgehead atoms. The van der Waals surface area contributed by atoms with Crippen LogP contribution >= 0.6 is 0 Å². The zero-order valence-electron chi connectivity index (χ0n) is 13.0. The third-order valence-electron chi connectivity index (χ3n) is 2.71. The molecule has 1 rings (SSSR count). The Kier molecular flexibility index (Phi) is 8.64. The minimum Gasteiger partial charge on any atom is -0.497 e. The quantitative estimate of drug-likeness (QED) is 0.867. The lowest BCUT2D eigenvalue weighted by molar-refractivity contribution is -0.137. The van der Waals surface area contributed by atoms with Crippen LogP contribution in [0.1, 0.15) is 45.6 Å². The minimum absolute atomic E-state index is 0.273. The number of hydrogen-bond acceptors (Lipinski definition) is 3. The van der Waals surface area contributed by atoms with Crippen LogP contribution in [0.4, 0.5) is 0 Å². The van der Waals surface area contributed by atoms with Crippen molar-refractivity contribution in [2.24, 2.45) is 11.1 Å². The predicted molar refractivity (Wildman–Crippen MR) is 81.8 cm³/mol. The summed E-state index contributed by atoms with van der Waals surface area (Å²) in [6.07, 6.45) is 2.08. The van der Waals surface area contributed by atoms with Gasteiger partial charge in [0.05, 0.1) is 7.11 Å². The van der Waals surface area contributed by atoms with Crippen molar-refractivity contribution in [3.05, 3.63) is 29.8 Å². The Bertz CT molecular complexity index is 357. The van der Waals surface area contributed by atoms with Gasteiger partial charge in [0.1, 0.15) is 5.75 Å². The second kappa shape index (κ2) is 9.37. The third-order valence-corrected chi connectivity index (χ3v) is 2.71. The number of rotatable bonds is 5. The van der Waals surface area contributed by atoms with Gasteiger partial charge in [-0.1, -0.05) is 32.9 Å². The number of hydrogen-bond donors (Lipinski definition) is 2. The van der Waals surface area contributed by atoms with Crippen LogP contribution in [-0.2, 0) is 11.3 Å². The maximum Gasteiger partial charge on any atom is 0.303 e. The molecule has 0 atom stereocenters. The van der Waals surface area contributed by atoms with Gasteiger partial charge >= 0.3 is 5.97 Å². The van der Waals surface area contributed by atoms with Crippen molar-refractivity contribution >= 4 is 5.97 Å². The summed E-state index contributed by atoms with van der Waals surface area (Å²) in [5.41, 5.74) is 6.80. The van der Waals surface area contributed by atoms with Crippen LogP contribution in [0.15, 0.2) is 24.3 Å². The predicted octanol–water partition coefficient (Wildman–Crippen LogP) is 3.44. The summed E-state index contributed by atoms with van der Waals surface area (Å²) in [6.45, 7) is 6.95. The van der Waals surface area contributed by atoms with Crippen LogP contribution in [0.25, 0.3) is 0 Å². The lowest BCUT2D eigenvalue weighted by Crippen LogP contribution is -2.05. The Morgan fingerprint density at radius 1 is 1.25 bits per heavy atom. The topological polar surface area (TPSA) is 72.5 Å². The smallest absolute Gasteiger partial charge is 0.303 e. The molecule has 0 aliphatic rings. The summed E-state index contributed by atoms with van der Waals surface area (Å²) in [7, 11) is 1.65. The van der Waals surface area contributed by atoms with Crippen LogP contribution in [0.2, 0.25) is 0 Å². The van der Waals surface area contributed by atoms with Gasteiger partial charge in [0.15, 0.2) is 0 Å². The monoisotopic (exact) mass is 281 g/mol. The van der Waals surface area contributed by atoms with Crippen molar-refractivity contribution < 1.29 is 14.6 Å². The number of ether oxygens (including phenoxy) is 1. The van der Waals surface area contributed by atoms with Crippen molar-refractivity contribution in [3.8, 4) is 5.75 Å². The van der Waals surface area contributed by atoms with Crippen molar-refractivity contribution in [2.45, 2.75) is 46.6 Å². The van der Waals surface area contributed by atoms with E-state index in [4.69, 9.17) is 15.6 Å². The Morgan fingerprint density at radius 3 is 2.15 bits per heavy atom. The van der Waals surface area contributed by atoms with Crippen molar-refractivity contribution in [1.82, 2.24) is 0 Å². The Balaban J connectivity index is 0.000000361. The molecule has 0 aromatic heterocycles. The number of methoxy groups -OCH3 is 1. The van der Waals surface area contributed by atoms with Gasteiger partial charge < -0.3 is 15.6 Å². The summed E-state index contributed by atoms with van der Waals surface area (Å²) in [4.78, 5) is 10.1. The highest BCUT2D eigenvalue weighted by molar-refractivity contribution is 5.66. The molecule has 0 unspecified atom stereocenters. The van der Waals surface area contributed by atoms with Crippen LogP contribution in [0.5, 0.6) is 5.75 Å². The number of carboxylic acids is 1. The van der Waals surface area contributed by atoms with E-state index >= 15 is 0 Å². The second-order valence-electron chi connectivity index (χ2n) is 5.86. The molecular weight excluding hydrogens is 254 g/mol. The van der Waals surface area contributed by atoms with Crippen molar-refractivity contribution in [1.29, 1.82) is 0 Å². The molecule has 0 aliphatic heterocycles. The number of aliphatic carboxylic acids is 1. The third kappa shape index (κ3) is 10.4. The second-order valence-corrected chi connectivity index (χ2v) is 5.86. The lowest BCUT2D eigenvalue weighted by atomic mass is 9.90. The number of carboxylic acid groups (broad SMARTS) is 1. The standard InChI is InChI=1S/C8H11NO.C8H16O2/c1-10-8-4-2-7(6-9)3-5-8;1-8(2,3)6-4-5-7(9)10/h2-5H,6,9H2,1H3;4-6H2,1-3H3,(H,9,10). The molecule has 0 saturated heterocycles. The first-order valence-electron chi connectivity index (χ1n) is 6.83. The zero-order chi connectivity index (χ0) is 15.6. The fraction of sp³-hybridized carbons (Fsp3) is 0.562. The molecule has 4 heteroatoms. The molecule has 1 aromatic rings. The van der Waals surface area contributed by atoms with E-state index in [2.05, 4.69) is 20.8 Å². The fourth-order valence-electron chi connectivity index (χ4n) is 1.53. The minimum atomic E-state index is -0.691. The lowest BCUT2D eigenvalue weighted by Gasteiger charge is -2.16. The van der Waals surface area contributed by atoms with E-state index in [1.54, 1.807) is 7.11 Å². The molecule has 114 valence electrons. The molecule has 0 heterocycles. The fourth-order valence-corrected chi connectivity index (χ4v) is 1.53. The summed E-state index contributed by atoms with van der Waals surface area (Å²) >= 11 is 0. The summed E-state index contributed by atoms with van der Waals surface area (Å²) < 4.78 is 4.97. The highest BCUT2D eigenvalue weighted by Crippen LogP contribution is 2.21. The summed E-state index contributed by atoms with van der Waals surface area (Å²) in [6, 6.07) is 7.72. The van der Waals surface area contributed by atoms with E-state index in [9.17, 15) is 4.79 Å². The first-order chi connectivity index (χ1) is 9.28. The molecule has 0 saturated carbocycles. The molecule has 0 radical (unpaired) electrons. The van der Waals surface area contributed by atoms with E-state index in [-0.39, 0.29) is 5.41 Å². The molecule has 20 heavy (non-hydrogen) atoms. The molecule has 0 spiro atoms. The van der Waals surface area contributed by atoms with Gasteiger partial charge in [-0.3, -0.25) is 4.79 Å². The molecule has 0 amide bonds. The van der Waals surface area contributed by atoms with Crippen molar-refractivity contribution in [2.75, 3.05) is 7.11 Å². The largest absolute Gasteiger partial charge is 0.497 e. The van der Waals surface area contributed by atoms with E-state index in [1.165, 1.54) is 0 Å². The molecule has 0 aliphatic carbocycles. The number of carbonyl (C=O) groups is 1. The van der Waals surface area contributed by atoms with Crippen molar-refractivity contribution in [3.63, 3.8) is 0 Å². The van der Waals surface area contributed by atoms with E-state index in [0.717, 1.165) is 24.2 Å². The maximum atomic E-state index is 10.1. The number of benzene rings is 1. The van der Waals surface area contributed by atoms with Gasteiger partial charge in [0, 0.05) is 13.0 Å². The molecule has 3 N–H and O–H groups in total. The Hall–Kier alpha value is -1.55. The first-order valence-corrected chi connectivity index (χ1v) is 6.83. The molecular formula is C16H27NO3. The van der Waals surface area contributed by atoms with E-state index in [1.807, 2.05) is 24.3 Å². The van der Waals surface area contributed by atoms with Gasteiger partial charge in [-0.05, 0) is 36.0 Å². The Labute approximate surface area is 121 Å². The molecule has 4 nitrogen and oxygen atoms in total. The highest BCUT2D eigenvalue weighted by atomic mass is 16.5. The average molecular weight is 281 g/mol. The normalized spacial score (nSPS) is 10.4. The number of nitrogens with two attached hydrogens (primary N) is 1. The van der Waals surface area contributed by atoms with Crippen LogP contribution < -0.4 is 10.5 Å². The van der Waals surface area contributed by atoms with Crippen LogP contribution in [-0.4, -0.2) is 18.2 Å².